The van der Waals surface area contributed by atoms with Crippen molar-refractivity contribution in [3.05, 3.63) is 12.7 Å². The summed E-state index contributed by atoms with van der Waals surface area (Å²) in [5, 5.41) is 23.9. The first-order chi connectivity index (χ1) is 30.2. The highest BCUT2D eigenvalue weighted by molar-refractivity contribution is 5.82. The van der Waals surface area contributed by atoms with E-state index in [9.17, 15) is 24.6 Å². The van der Waals surface area contributed by atoms with E-state index >= 15 is 4.39 Å². The van der Waals surface area contributed by atoms with Gasteiger partial charge in [0, 0.05) is 12.8 Å². The predicted molar refractivity (Wildman–Crippen MR) is 248 cm³/mol. The number of carbonyl (C=O) groups excluding carboxylic acids is 3. The monoisotopic (exact) mass is 884 g/mol. The summed E-state index contributed by atoms with van der Waals surface area (Å²) in [6.45, 7) is 9.68. The van der Waals surface area contributed by atoms with E-state index in [1.165, 1.54) is 122 Å². The average molecular weight is 884 g/mol. The minimum atomic E-state index is -2.23. The second-order valence-electron chi connectivity index (χ2n) is 17.9. The Kier molecular flexibility index (Phi) is 37.8. The number of nitrogens with one attached hydrogen (secondary N) is 1. The molecule has 62 heavy (non-hydrogen) atoms. The van der Waals surface area contributed by atoms with E-state index in [1.807, 2.05) is 0 Å². The van der Waals surface area contributed by atoms with Gasteiger partial charge in [0.15, 0.2) is 12.4 Å². The first kappa shape index (κ1) is 57.9. The number of ether oxygens (including phenoxy) is 4. The molecule has 0 spiro atoms. The van der Waals surface area contributed by atoms with Gasteiger partial charge in [-0.2, -0.15) is 0 Å². The number of rotatable bonds is 43. The largest absolute Gasteiger partial charge is 0.459 e. The van der Waals surface area contributed by atoms with Gasteiger partial charge in [0.05, 0.1) is 13.2 Å². The molecule has 0 aromatic rings. The molecule has 0 aliphatic carbocycles. The minimum absolute atomic E-state index is 0.0262. The molecule has 0 bridgehead atoms. The number of carbonyl (C=O) groups is 3. The molecule has 7 atom stereocenters. The Balaban J connectivity index is 2.90. The van der Waals surface area contributed by atoms with E-state index in [0.29, 0.717) is 19.3 Å². The zero-order valence-electron chi connectivity index (χ0n) is 39.9. The van der Waals surface area contributed by atoms with Crippen LogP contribution in [0.25, 0.3) is 0 Å². The number of alkyl halides is 1. The van der Waals surface area contributed by atoms with Gasteiger partial charge in [0.1, 0.15) is 24.4 Å². The second kappa shape index (κ2) is 40.4. The maximum atomic E-state index is 16.4. The van der Waals surface area contributed by atoms with E-state index in [2.05, 4.69) is 32.7 Å². The summed E-state index contributed by atoms with van der Waals surface area (Å²) in [6, 6.07) is -1.32. The van der Waals surface area contributed by atoms with Gasteiger partial charge in [-0.05, 0) is 25.7 Å². The molecular formula is C51H94FNO9. The normalized spacial score (nSPS) is 19.8. The Labute approximate surface area is 378 Å². The third kappa shape index (κ3) is 28.7. The second-order valence-corrected chi connectivity index (χ2v) is 17.9. The van der Waals surface area contributed by atoms with Crippen molar-refractivity contribution in [3.63, 3.8) is 0 Å². The predicted octanol–water partition coefficient (Wildman–Crippen LogP) is 12.2. The van der Waals surface area contributed by atoms with Crippen LogP contribution in [0, 0.1) is 0 Å². The van der Waals surface area contributed by atoms with Crippen LogP contribution < -0.4 is 5.32 Å². The van der Waals surface area contributed by atoms with Gasteiger partial charge in [-0.25, -0.2) is 4.39 Å². The van der Waals surface area contributed by atoms with Crippen molar-refractivity contribution < 1.29 is 47.9 Å². The quantitative estimate of drug-likeness (QED) is 0.0310. The molecular weight excluding hydrogens is 790 g/mol. The van der Waals surface area contributed by atoms with Crippen molar-refractivity contribution in [1.29, 1.82) is 0 Å². The van der Waals surface area contributed by atoms with Crippen molar-refractivity contribution in [2.45, 2.75) is 282 Å². The molecule has 1 aliphatic heterocycles. The van der Waals surface area contributed by atoms with E-state index < -0.39 is 67.4 Å². The van der Waals surface area contributed by atoms with Crippen LogP contribution in [-0.4, -0.2) is 84.2 Å². The Hall–Kier alpha value is -2.08. The molecule has 1 saturated heterocycles. The van der Waals surface area contributed by atoms with Crippen molar-refractivity contribution in [3.8, 4) is 0 Å². The summed E-state index contributed by atoms with van der Waals surface area (Å²) in [4.78, 5) is 40.0. The molecule has 10 nitrogen and oxygen atoms in total. The maximum absolute atomic E-state index is 16.4. The number of aliphatic hydroxyl groups excluding tert-OH is 2. The first-order valence-corrected chi connectivity index (χ1v) is 25.7. The Morgan fingerprint density at radius 2 is 1.05 bits per heavy atom. The lowest BCUT2D eigenvalue weighted by atomic mass is 9.95. The van der Waals surface area contributed by atoms with Crippen molar-refractivity contribution in [2.75, 3.05) is 13.2 Å². The van der Waals surface area contributed by atoms with Gasteiger partial charge in [-0.15, -0.1) is 6.58 Å². The third-order valence-corrected chi connectivity index (χ3v) is 12.2. The van der Waals surface area contributed by atoms with Gasteiger partial charge in [-0.1, -0.05) is 207 Å². The van der Waals surface area contributed by atoms with Gasteiger partial charge < -0.3 is 34.5 Å². The fourth-order valence-corrected chi connectivity index (χ4v) is 8.31. The van der Waals surface area contributed by atoms with Crippen LogP contribution in [0.5, 0.6) is 0 Å². The van der Waals surface area contributed by atoms with E-state index in [4.69, 9.17) is 18.9 Å². The standard InChI is InChI=1S/C51H94FNO9/c1-5-9-12-15-18-21-23-26-29-32-35-38-44(55)60-42(37-34-31-28-25-20-17-14-11-7-3)46(52)50(58)53-47-49(48(57)43(41-54)61-51(47)59-40-8-4)62-45(56)39-36-33-30-27-24-22-19-16-13-10-6-2/h8,42-43,46-49,51,54,57H,4-7,9-41H2,1-3H3,(H,53,58)/t42-,43-,46+,47-,48-,49-,51-/m1/s1. The van der Waals surface area contributed by atoms with Gasteiger partial charge >= 0.3 is 11.9 Å². The molecule has 1 heterocycles. The Bertz CT molecular complexity index is 1100. The summed E-state index contributed by atoms with van der Waals surface area (Å²) in [5.41, 5.74) is 0. The lowest BCUT2D eigenvalue weighted by molar-refractivity contribution is -0.271. The molecule has 1 amide bonds. The molecule has 0 aromatic carbocycles. The van der Waals surface area contributed by atoms with Crippen LogP contribution in [-0.2, 0) is 33.3 Å². The molecule has 364 valence electrons. The molecule has 11 heteroatoms. The highest BCUT2D eigenvalue weighted by Gasteiger charge is 2.49. The van der Waals surface area contributed by atoms with Crippen LogP contribution in [0.2, 0.25) is 0 Å². The van der Waals surface area contributed by atoms with Gasteiger partial charge in [0.25, 0.3) is 5.91 Å². The maximum Gasteiger partial charge on any atom is 0.306 e. The number of amides is 1. The number of esters is 2. The van der Waals surface area contributed by atoms with Crippen LogP contribution >= 0.6 is 0 Å². The number of hydrogen-bond acceptors (Lipinski definition) is 9. The molecule has 1 fully saturated rings. The van der Waals surface area contributed by atoms with E-state index in [1.54, 1.807) is 0 Å². The topological polar surface area (TPSA) is 141 Å². The molecule has 0 radical (unpaired) electrons. The van der Waals surface area contributed by atoms with Gasteiger partial charge in [-0.3, -0.25) is 14.4 Å². The van der Waals surface area contributed by atoms with Crippen LogP contribution in [0.4, 0.5) is 4.39 Å². The molecule has 0 unspecified atom stereocenters. The molecule has 0 saturated carbocycles. The number of hydrogen-bond donors (Lipinski definition) is 3. The number of unbranched alkanes of at least 4 members (excludes halogenated alkanes) is 28. The molecule has 1 rings (SSSR count). The molecule has 1 aliphatic rings. The SMILES string of the molecule is C=CCO[C@@H]1O[C@H](CO)[C@@H](O)[C@H](OC(=O)CCCCCCCCCCCCC)[C@H]1NC(=O)[C@@H](F)[C@@H](CCCCCCCCCCC)OC(=O)CCCCCCCCCCCCC. The van der Waals surface area contributed by atoms with E-state index in [0.717, 1.165) is 64.2 Å². The Morgan fingerprint density at radius 3 is 1.47 bits per heavy atom. The summed E-state index contributed by atoms with van der Waals surface area (Å²) in [6.07, 6.45) is 27.3. The summed E-state index contributed by atoms with van der Waals surface area (Å²) >= 11 is 0. The summed E-state index contributed by atoms with van der Waals surface area (Å²) in [7, 11) is 0. The number of aliphatic hydroxyl groups is 2. The highest BCUT2D eigenvalue weighted by atomic mass is 19.1. The van der Waals surface area contributed by atoms with E-state index in [-0.39, 0.29) is 25.9 Å². The number of halogens is 1. The zero-order valence-corrected chi connectivity index (χ0v) is 39.9. The van der Waals surface area contributed by atoms with Crippen LogP contribution in [0.15, 0.2) is 12.7 Å². The lowest BCUT2D eigenvalue weighted by Crippen LogP contribution is -2.66. The highest BCUT2D eigenvalue weighted by Crippen LogP contribution is 2.27. The average Bonchev–Trinajstić information content (AvgIpc) is 3.26. The van der Waals surface area contributed by atoms with Crippen molar-refractivity contribution in [2.24, 2.45) is 0 Å². The van der Waals surface area contributed by atoms with Crippen LogP contribution in [0.1, 0.15) is 239 Å². The lowest BCUT2D eigenvalue weighted by Gasteiger charge is -2.43. The Morgan fingerprint density at radius 1 is 0.645 bits per heavy atom. The summed E-state index contributed by atoms with van der Waals surface area (Å²) in [5.74, 6) is -2.20. The first-order valence-electron chi connectivity index (χ1n) is 25.7. The third-order valence-electron chi connectivity index (χ3n) is 12.2. The molecule has 0 aromatic heterocycles. The van der Waals surface area contributed by atoms with Crippen LogP contribution in [0.3, 0.4) is 0 Å². The van der Waals surface area contributed by atoms with Gasteiger partial charge in [0.2, 0.25) is 6.17 Å². The molecule has 3 N–H and O–H groups in total. The zero-order chi connectivity index (χ0) is 45.5. The van der Waals surface area contributed by atoms with Crippen molar-refractivity contribution in [1.82, 2.24) is 5.32 Å². The smallest absolute Gasteiger partial charge is 0.306 e. The fourth-order valence-electron chi connectivity index (χ4n) is 8.31. The van der Waals surface area contributed by atoms with Crippen molar-refractivity contribution >= 4 is 17.8 Å². The minimum Gasteiger partial charge on any atom is -0.459 e. The fraction of sp³-hybridized carbons (Fsp3) is 0.902. The summed E-state index contributed by atoms with van der Waals surface area (Å²) < 4.78 is 39.5.